The smallest absolute Gasteiger partial charge is 0.247 e. The summed E-state index contributed by atoms with van der Waals surface area (Å²) in [7, 11) is 6.46. The molecule has 2 aromatic carbocycles. The molecule has 1 amide bonds. The molecule has 0 spiro atoms. The van der Waals surface area contributed by atoms with E-state index in [9.17, 15) is 4.79 Å². The highest BCUT2D eigenvalue weighted by Gasteiger charge is 2.31. The van der Waals surface area contributed by atoms with Gasteiger partial charge in [0.2, 0.25) is 5.91 Å². The zero-order valence-electron chi connectivity index (χ0n) is 17.3. The van der Waals surface area contributed by atoms with Crippen LogP contribution in [0.15, 0.2) is 42.5 Å². The minimum atomic E-state index is -0.0387. The van der Waals surface area contributed by atoms with Gasteiger partial charge in [-0.1, -0.05) is 0 Å². The van der Waals surface area contributed by atoms with Gasteiger partial charge in [0.05, 0.1) is 34.5 Å². The van der Waals surface area contributed by atoms with Crippen LogP contribution in [0, 0.1) is 0 Å². The number of likely N-dealkylation sites (tertiary alicyclic amines) is 1. The topological polar surface area (TPSA) is 57.2 Å². The number of carbonyl (C=O) groups is 1. The van der Waals surface area contributed by atoms with Crippen LogP contribution < -0.4 is 18.9 Å². The minimum absolute atomic E-state index is 0.0224. The molecule has 3 rings (SSSR count). The van der Waals surface area contributed by atoms with Gasteiger partial charge in [0.15, 0.2) is 0 Å². The van der Waals surface area contributed by atoms with Gasteiger partial charge >= 0.3 is 0 Å². The number of hydrogen-bond acceptors (Lipinski definition) is 5. The third-order valence-electron chi connectivity index (χ3n) is 5.18. The van der Waals surface area contributed by atoms with Crippen molar-refractivity contribution >= 4 is 12.0 Å². The summed E-state index contributed by atoms with van der Waals surface area (Å²) >= 11 is 0. The maximum Gasteiger partial charge on any atom is 0.247 e. The second-order valence-electron chi connectivity index (χ2n) is 6.74. The molecule has 29 heavy (non-hydrogen) atoms. The lowest BCUT2D eigenvalue weighted by Crippen LogP contribution is -2.29. The molecule has 0 radical (unpaired) electrons. The summed E-state index contributed by atoms with van der Waals surface area (Å²) in [4.78, 5) is 14.8. The van der Waals surface area contributed by atoms with Crippen LogP contribution in [0.2, 0.25) is 0 Å². The highest BCUT2D eigenvalue weighted by atomic mass is 16.5. The van der Waals surface area contributed by atoms with Crippen LogP contribution in [0.1, 0.15) is 30.0 Å². The highest BCUT2D eigenvalue weighted by molar-refractivity contribution is 5.92. The van der Waals surface area contributed by atoms with Crippen LogP contribution in [0.5, 0.6) is 23.0 Å². The molecule has 0 bridgehead atoms. The Labute approximate surface area is 171 Å². The maximum atomic E-state index is 13.0. The zero-order chi connectivity index (χ0) is 20.8. The molecule has 1 fully saturated rings. The Morgan fingerprint density at radius 2 is 1.59 bits per heavy atom. The van der Waals surface area contributed by atoms with E-state index in [-0.39, 0.29) is 11.9 Å². The summed E-state index contributed by atoms with van der Waals surface area (Å²) in [6, 6.07) is 11.2. The largest absolute Gasteiger partial charge is 0.497 e. The summed E-state index contributed by atoms with van der Waals surface area (Å²) in [5, 5.41) is 0. The summed E-state index contributed by atoms with van der Waals surface area (Å²) in [5.41, 5.74) is 1.81. The molecular weight excluding hydrogens is 370 g/mol. The van der Waals surface area contributed by atoms with E-state index in [0.717, 1.165) is 35.5 Å². The molecule has 154 valence electrons. The second kappa shape index (κ2) is 9.37. The van der Waals surface area contributed by atoms with Crippen LogP contribution in [0.25, 0.3) is 6.08 Å². The summed E-state index contributed by atoms with van der Waals surface area (Å²) in [6.07, 6.45) is 5.22. The number of hydrogen-bond donors (Lipinski definition) is 0. The molecule has 0 aromatic heterocycles. The third-order valence-corrected chi connectivity index (χ3v) is 5.18. The van der Waals surface area contributed by atoms with Gasteiger partial charge in [-0.15, -0.1) is 0 Å². The first-order valence-corrected chi connectivity index (χ1v) is 9.54. The van der Waals surface area contributed by atoms with E-state index >= 15 is 0 Å². The van der Waals surface area contributed by atoms with E-state index in [1.54, 1.807) is 46.7 Å². The fourth-order valence-corrected chi connectivity index (χ4v) is 3.66. The molecule has 2 aromatic rings. The monoisotopic (exact) mass is 397 g/mol. The van der Waals surface area contributed by atoms with Gasteiger partial charge in [0, 0.05) is 35.9 Å². The predicted octanol–water partition coefficient (Wildman–Crippen LogP) is 4.10. The number of nitrogens with zero attached hydrogens (tertiary/aromatic N) is 1. The Balaban J connectivity index is 1.81. The molecule has 6 heteroatoms. The Kier molecular flexibility index (Phi) is 6.65. The average molecular weight is 397 g/mol. The van der Waals surface area contributed by atoms with Crippen LogP contribution in [-0.4, -0.2) is 45.8 Å². The van der Waals surface area contributed by atoms with E-state index in [2.05, 4.69) is 0 Å². The highest BCUT2D eigenvalue weighted by Crippen LogP contribution is 2.39. The third kappa shape index (κ3) is 4.47. The van der Waals surface area contributed by atoms with E-state index in [0.29, 0.717) is 18.0 Å². The van der Waals surface area contributed by atoms with Crippen molar-refractivity contribution in [2.24, 2.45) is 0 Å². The lowest BCUT2D eigenvalue weighted by atomic mass is 10.0. The Hall–Kier alpha value is -3.15. The van der Waals surface area contributed by atoms with Crippen LogP contribution in [0.4, 0.5) is 0 Å². The standard InChI is InChI=1S/C23H27NO5/c1-26-17-9-7-16(21(14-17)28-3)8-12-23(25)24-13-5-6-20(24)19-11-10-18(27-2)15-22(19)29-4/h7-12,14-15,20H,5-6,13H2,1-4H3/b12-8+/t20-/m0/s1. The van der Waals surface area contributed by atoms with E-state index < -0.39 is 0 Å². The van der Waals surface area contributed by atoms with Crippen molar-refractivity contribution in [1.82, 2.24) is 4.90 Å². The number of methoxy groups -OCH3 is 4. The number of amides is 1. The molecule has 0 saturated carbocycles. The number of rotatable bonds is 7. The fraction of sp³-hybridized carbons (Fsp3) is 0.348. The molecule has 1 saturated heterocycles. The summed E-state index contributed by atoms with van der Waals surface area (Å²) in [5.74, 6) is 2.78. The number of ether oxygens (including phenoxy) is 4. The van der Waals surface area contributed by atoms with Gasteiger partial charge < -0.3 is 23.8 Å². The maximum absolute atomic E-state index is 13.0. The molecule has 1 aliphatic heterocycles. The van der Waals surface area contributed by atoms with Gasteiger partial charge in [0.1, 0.15) is 23.0 Å². The summed E-state index contributed by atoms with van der Waals surface area (Å²) in [6.45, 7) is 0.711. The van der Waals surface area contributed by atoms with Crippen LogP contribution >= 0.6 is 0 Å². The van der Waals surface area contributed by atoms with Crippen molar-refractivity contribution < 1.29 is 23.7 Å². The van der Waals surface area contributed by atoms with Crippen LogP contribution in [0.3, 0.4) is 0 Å². The SMILES string of the molecule is COc1ccc(/C=C/C(=O)N2CCC[C@H]2c2ccc(OC)cc2OC)c(OC)c1. The molecule has 0 unspecified atom stereocenters. The van der Waals surface area contributed by atoms with Crippen molar-refractivity contribution in [2.75, 3.05) is 35.0 Å². The fourth-order valence-electron chi connectivity index (χ4n) is 3.66. The lowest BCUT2D eigenvalue weighted by Gasteiger charge is -2.25. The van der Waals surface area contributed by atoms with Gasteiger partial charge in [0.25, 0.3) is 0 Å². The molecule has 0 N–H and O–H groups in total. The number of carbonyl (C=O) groups excluding carboxylic acids is 1. The molecular formula is C23H27NO5. The molecule has 6 nitrogen and oxygen atoms in total. The van der Waals surface area contributed by atoms with Crippen molar-refractivity contribution in [3.8, 4) is 23.0 Å². The molecule has 1 atom stereocenters. The van der Waals surface area contributed by atoms with Crippen molar-refractivity contribution in [3.05, 3.63) is 53.6 Å². The average Bonchev–Trinajstić information content (AvgIpc) is 3.26. The van der Waals surface area contributed by atoms with Gasteiger partial charge in [-0.05, 0) is 43.2 Å². The Bertz CT molecular complexity index is 893. The first-order chi connectivity index (χ1) is 14.1. The van der Waals surface area contributed by atoms with E-state index in [1.165, 1.54) is 0 Å². The zero-order valence-corrected chi connectivity index (χ0v) is 17.3. The number of benzene rings is 2. The van der Waals surface area contributed by atoms with Crippen molar-refractivity contribution in [2.45, 2.75) is 18.9 Å². The van der Waals surface area contributed by atoms with Crippen molar-refractivity contribution in [1.29, 1.82) is 0 Å². The second-order valence-corrected chi connectivity index (χ2v) is 6.74. The van der Waals surface area contributed by atoms with E-state index in [4.69, 9.17) is 18.9 Å². The minimum Gasteiger partial charge on any atom is -0.497 e. The first kappa shape index (κ1) is 20.6. The lowest BCUT2D eigenvalue weighted by molar-refractivity contribution is -0.126. The van der Waals surface area contributed by atoms with Crippen LogP contribution in [-0.2, 0) is 4.79 Å². The molecule has 1 aliphatic rings. The Morgan fingerprint density at radius 3 is 2.24 bits per heavy atom. The first-order valence-electron chi connectivity index (χ1n) is 9.54. The molecule has 0 aliphatic carbocycles. The van der Waals surface area contributed by atoms with E-state index in [1.807, 2.05) is 35.2 Å². The van der Waals surface area contributed by atoms with Gasteiger partial charge in [-0.2, -0.15) is 0 Å². The normalized spacial score (nSPS) is 16.1. The molecule has 1 heterocycles. The Morgan fingerprint density at radius 1 is 0.931 bits per heavy atom. The quantitative estimate of drug-likeness (QED) is 0.659. The summed E-state index contributed by atoms with van der Waals surface area (Å²) < 4.78 is 21.5. The van der Waals surface area contributed by atoms with Crippen molar-refractivity contribution in [3.63, 3.8) is 0 Å². The van der Waals surface area contributed by atoms with Gasteiger partial charge in [-0.3, -0.25) is 4.79 Å². The van der Waals surface area contributed by atoms with Gasteiger partial charge in [-0.25, -0.2) is 0 Å². The predicted molar refractivity (Wildman–Crippen MR) is 112 cm³/mol.